The molecule has 1 aliphatic heterocycles. The van der Waals surface area contributed by atoms with Gasteiger partial charge in [0.25, 0.3) is 5.91 Å². The summed E-state index contributed by atoms with van der Waals surface area (Å²) in [5.41, 5.74) is 4.44. The van der Waals surface area contributed by atoms with Crippen molar-refractivity contribution in [2.45, 2.75) is 29.7 Å². The number of amides is 2. The van der Waals surface area contributed by atoms with Crippen molar-refractivity contribution in [1.29, 1.82) is 0 Å². The first-order valence-electron chi connectivity index (χ1n) is 15.1. The van der Waals surface area contributed by atoms with Crippen LogP contribution in [0.5, 0.6) is 0 Å². The number of anilines is 2. The topological polar surface area (TPSA) is 87.7 Å². The maximum Gasteiger partial charge on any atom is 0.341 e. The summed E-state index contributed by atoms with van der Waals surface area (Å²) in [5, 5.41) is 6.34. The summed E-state index contributed by atoms with van der Waals surface area (Å²) in [6.45, 7) is 2.28. The molecule has 7 nitrogen and oxygen atoms in total. The Kier molecular flexibility index (Phi) is 10.4. The van der Waals surface area contributed by atoms with Gasteiger partial charge in [-0.2, -0.15) is 0 Å². The number of carbonyl (C=O) groups excluding carboxylic acids is 3. The van der Waals surface area contributed by atoms with Gasteiger partial charge in [0.15, 0.2) is 0 Å². The SMILES string of the molecule is COC(=O)c1c(NC(=O)C(Sc2cccc(NC(=O)c3cccc(Cl)c3)c2)c2ccccc2)sc2c1CCN(Cc1ccccc1)C2. The van der Waals surface area contributed by atoms with Gasteiger partial charge in [-0.25, -0.2) is 4.79 Å². The van der Waals surface area contributed by atoms with Gasteiger partial charge in [-0.1, -0.05) is 84.4 Å². The molecular weight excluding hydrogens is 650 g/mol. The average Bonchev–Trinajstić information content (AvgIpc) is 3.44. The molecule has 4 aromatic carbocycles. The number of benzene rings is 4. The molecule has 6 rings (SSSR count). The Morgan fingerprint density at radius 2 is 1.66 bits per heavy atom. The number of methoxy groups -OCH3 is 1. The number of nitrogens with one attached hydrogen (secondary N) is 2. The predicted molar refractivity (Wildman–Crippen MR) is 189 cm³/mol. The van der Waals surface area contributed by atoms with Crippen LogP contribution in [0.1, 0.15) is 47.5 Å². The van der Waals surface area contributed by atoms with E-state index in [2.05, 4.69) is 27.7 Å². The molecule has 1 aromatic heterocycles. The highest BCUT2D eigenvalue weighted by atomic mass is 35.5. The molecule has 0 saturated carbocycles. The van der Waals surface area contributed by atoms with Crippen LogP contribution in [-0.4, -0.2) is 36.3 Å². The molecule has 47 heavy (non-hydrogen) atoms. The average molecular weight is 682 g/mol. The van der Waals surface area contributed by atoms with Crippen molar-refractivity contribution in [1.82, 2.24) is 4.90 Å². The van der Waals surface area contributed by atoms with E-state index in [0.717, 1.165) is 34.0 Å². The second-order valence-electron chi connectivity index (χ2n) is 11.0. The highest BCUT2D eigenvalue weighted by Crippen LogP contribution is 2.41. The quantitative estimate of drug-likeness (QED) is 0.114. The minimum Gasteiger partial charge on any atom is -0.465 e. The summed E-state index contributed by atoms with van der Waals surface area (Å²) in [6.07, 6.45) is 0.684. The van der Waals surface area contributed by atoms with Crippen molar-refractivity contribution in [2.24, 2.45) is 0 Å². The number of thiophene rings is 1. The van der Waals surface area contributed by atoms with Crippen molar-refractivity contribution in [3.05, 3.63) is 147 Å². The zero-order valence-electron chi connectivity index (χ0n) is 25.6. The minimum atomic E-state index is -0.644. The monoisotopic (exact) mass is 681 g/mol. The summed E-state index contributed by atoms with van der Waals surface area (Å²) in [7, 11) is 1.36. The number of esters is 1. The molecule has 1 atom stereocenters. The second-order valence-corrected chi connectivity index (χ2v) is 13.8. The van der Waals surface area contributed by atoms with Crippen molar-refractivity contribution in [2.75, 3.05) is 24.3 Å². The lowest BCUT2D eigenvalue weighted by atomic mass is 10.0. The Hall–Kier alpha value is -4.41. The zero-order valence-corrected chi connectivity index (χ0v) is 28.0. The lowest BCUT2D eigenvalue weighted by Gasteiger charge is -2.27. The Balaban J connectivity index is 1.23. The fraction of sp³-hybridized carbons (Fsp3) is 0.162. The van der Waals surface area contributed by atoms with Crippen LogP contribution in [0, 0.1) is 0 Å². The molecule has 0 fully saturated rings. The molecule has 2 amide bonds. The largest absolute Gasteiger partial charge is 0.465 e. The third-order valence-corrected chi connectivity index (χ3v) is 10.4. The van der Waals surface area contributed by atoms with E-state index in [4.69, 9.17) is 16.3 Å². The van der Waals surface area contributed by atoms with E-state index in [1.54, 1.807) is 30.3 Å². The Morgan fingerprint density at radius 3 is 2.40 bits per heavy atom. The molecule has 0 bridgehead atoms. The van der Waals surface area contributed by atoms with Gasteiger partial charge >= 0.3 is 5.97 Å². The number of ether oxygens (including phenoxy) is 1. The summed E-state index contributed by atoms with van der Waals surface area (Å²) in [4.78, 5) is 44.2. The van der Waals surface area contributed by atoms with E-state index < -0.39 is 11.2 Å². The minimum absolute atomic E-state index is 0.264. The second kappa shape index (κ2) is 15.0. The van der Waals surface area contributed by atoms with Crippen LogP contribution in [0.15, 0.2) is 114 Å². The van der Waals surface area contributed by atoms with Gasteiger partial charge in [0.2, 0.25) is 5.91 Å². The van der Waals surface area contributed by atoms with E-state index >= 15 is 0 Å². The number of halogens is 1. The van der Waals surface area contributed by atoms with Crippen LogP contribution < -0.4 is 10.6 Å². The number of carbonyl (C=O) groups is 3. The van der Waals surface area contributed by atoms with Gasteiger partial charge in [-0.15, -0.1) is 23.1 Å². The van der Waals surface area contributed by atoms with Crippen LogP contribution in [0.2, 0.25) is 5.02 Å². The molecule has 238 valence electrons. The van der Waals surface area contributed by atoms with Crippen molar-refractivity contribution < 1.29 is 19.1 Å². The number of nitrogens with zero attached hydrogens (tertiary/aromatic N) is 1. The molecule has 1 unspecified atom stereocenters. The maximum absolute atomic E-state index is 14.1. The Morgan fingerprint density at radius 1 is 0.915 bits per heavy atom. The van der Waals surface area contributed by atoms with Crippen LogP contribution in [-0.2, 0) is 29.0 Å². The molecule has 0 radical (unpaired) electrons. The fourth-order valence-electron chi connectivity index (χ4n) is 5.53. The molecular formula is C37H32ClN3O4S2. The predicted octanol–water partition coefficient (Wildman–Crippen LogP) is 8.47. The molecule has 0 spiro atoms. The summed E-state index contributed by atoms with van der Waals surface area (Å²) in [6, 6.07) is 33.9. The number of hydrogen-bond acceptors (Lipinski definition) is 7. The van der Waals surface area contributed by atoms with Crippen LogP contribution in [0.4, 0.5) is 10.7 Å². The molecule has 1 aliphatic rings. The zero-order chi connectivity index (χ0) is 32.8. The van der Waals surface area contributed by atoms with Crippen LogP contribution >= 0.6 is 34.7 Å². The van der Waals surface area contributed by atoms with Gasteiger partial charge in [-0.3, -0.25) is 14.5 Å². The fourth-order valence-corrected chi connectivity index (χ4v) is 8.09. The lowest BCUT2D eigenvalue weighted by Crippen LogP contribution is -2.29. The highest BCUT2D eigenvalue weighted by Gasteiger charge is 2.31. The van der Waals surface area contributed by atoms with Crippen molar-refractivity contribution >= 4 is 63.2 Å². The van der Waals surface area contributed by atoms with E-state index in [9.17, 15) is 14.4 Å². The van der Waals surface area contributed by atoms with E-state index in [1.807, 2.05) is 66.7 Å². The molecule has 5 aromatic rings. The lowest BCUT2D eigenvalue weighted by molar-refractivity contribution is -0.115. The Labute approximate surface area is 286 Å². The molecule has 0 saturated heterocycles. The number of rotatable bonds is 10. The number of fused-ring (bicyclic) bond motifs is 1. The first-order valence-corrected chi connectivity index (χ1v) is 17.1. The first kappa shape index (κ1) is 32.5. The standard InChI is InChI=1S/C37H32ClN3O4S2/c1-45-37(44)32-30-18-19-41(22-24-10-4-2-5-11-24)23-31(30)47-36(32)40-35(43)33(25-12-6-3-7-13-25)46-29-17-9-16-28(21-29)39-34(42)26-14-8-15-27(38)20-26/h2-17,20-21,33H,18-19,22-23H2,1H3,(H,39,42)(H,40,43). The van der Waals surface area contributed by atoms with Gasteiger partial charge in [0, 0.05) is 45.7 Å². The third-order valence-electron chi connectivity index (χ3n) is 7.78. The Bertz CT molecular complexity index is 1900. The van der Waals surface area contributed by atoms with Gasteiger partial charge in [-0.05, 0) is 59.5 Å². The van der Waals surface area contributed by atoms with Gasteiger partial charge in [0.1, 0.15) is 10.3 Å². The molecule has 0 aliphatic carbocycles. The van der Waals surface area contributed by atoms with Crippen LogP contribution in [0.3, 0.4) is 0 Å². The van der Waals surface area contributed by atoms with Crippen molar-refractivity contribution in [3.63, 3.8) is 0 Å². The van der Waals surface area contributed by atoms with Gasteiger partial charge < -0.3 is 15.4 Å². The van der Waals surface area contributed by atoms with Gasteiger partial charge in [0.05, 0.1) is 12.7 Å². The smallest absolute Gasteiger partial charge is 0.341 e. The van der Waals surface area contributed by atoms with Crippen LogP contribution in [0.25, 0.3) is 0 Å². The highest BCUT2D eigenvalue weighted by molar-refractivity contribution is 8.00. The third kappa shape index (κ3) is 7.94. The molecule has 10 heteroatoms. The summed E-state index contributed by atoms with van der Waals surface area (Å²) in [5.74, 6) is -1.01. The van der Waals surface area contributed by atoms with E-state index in [1.165, 1.54) is 35.8 Å². The molecule has 2 N–H and O–H groups in total. The number of thioether (sulfide) groups is 1. The van der Waals surface area contributed by atoms with E-state index in [0.29, 0.717) is 39.8 Å². The normalized spacial score (nSPS) is 13.3. The maximum atomic E-state index is 14.1. The van der Waals surface area contributed by atoms with E-state index in [-0.39, 0.29) is 11.8 Å². The molecule has 2 heterocycles. The first-order chi connectivity index (χ1) is 22.9. The van der Waals surface area contributed by atoms with Crippen molar-refractivity contribution in [3.8, 4) is 0 Å². The number of hydrogen-bond donors (Lipinski definition) is 2. The summed E-state index contributed by atoms with van der Waals surface area (Å²) >= 11 is 8.87. The summed E-state index contributed by atoms with van der Waals surface area (Å²) < 4.78 is 5.19.